The van der Waals surface area contributed by atoms with Crippen LogP contribution in [0.3, 0.4) is 0 Å². The Morgan fingerprint density at radius 1 is 1.24 bits per heavy atom. The normalized spacial score (nSPS) is 16.8. The van der Waals surface area contributed by atoms with E-state index in [-0.39, 0.29) is 24.2 Å². The van der Waals surface area contributed by atoms with Gasteiger partial charge in [0.1, 0.15) is 11.5 Å². The molecule has 0 aliphatic carbocycles. The van der Waals surface area contributed by atoms with Crippen molar-refractivity contribution in [2.45, 2.75) is 39.0 Å². The molecule has 138 valence electrons. The molecule has 0 aromatic heterocycles. The summed E-state index contributed by atoms with van der Waals surface area (Å²) in [6.45, 7) is 3.19. The number of unbranched alkanes of at least 4 members (excludes halogenated alkanes) is 3. The summed E-state index contributed by atoms with van der Waals surface area (Å²) in [5.41, 5.74) is 0.644. The van der Waals surface area contributed by atoms with E-state index in [4.69, 9.17) is 9.47 Å². The molecule has 1 atom stereocenters. The van der Waals surface area contributed by atoms with Crippen LogP contribution in [0.5, 0.6) is 11.5 Å². The number of benzene rings is 1. The van der Waals surface area contributed by atoms with Gasteiger partial charge in [-0.25, -0.2) is 0 Å². The van der Waals surface area contributed by atoms with Crippen molar-refractivity contribution < 1.29 is 19.1 Å². The van der Waals surface area contributed by atoms with Gasteiger partial charge >= 0.3 is 0 Å². The van der Waals surface area contributed by atoms with E-state index in [1.165, 1.54) is 12.8 Å². The molecule has 6 heteroatoms. The van der Waals surface area contributed by atoms with Gasteiger partial charge in [-0.05, 0) is 18.6 Å². The minimum Gasteiger partial charge on any atom is -0.497 e. The van der Waals surface area contributed by atoms with Crippen LogP contribution in [-0.4, -0.2) is 39.1 Å². The molecule has 0 unspecified atom stereocenters. The van der Waals surface area contributed by atoms with Crippen molar-refractivity contribution in [3.63, 3.8) is 0 Å². The fourth-order valence-corrected chi connectivity index (χ4v) is 3.03. The molecule has 1 aromatic rings. The first-order chi connectivity index (χ1) is 12.1. The van der Waals surface area contributed by atoms with E-state index in [2.05, 4.69) is 12.2 Å². The van der Waals surface area contributed by atoms with Crippen molar-refractivity contribution >= 4 is 17.5 Å². The van der Waals surface area contributed by atoms with Gasteiger partial charge in [-0.15, -0.1) is 0 Å². The Kier molecular flexibility index (Phi) is 7.10. The predicted molar refractivity (Wildman–Crippen MR) is 97.2 cm³/mol. The van der Waals surface area contributed by atoms with Crippen molar-refractivity contribution in [2.75, 3.05) is 32.2 Å². The van der Waals surface area contributed by atoms with E-state index in [9.17, 15) is 9.59 Å². The van der Waals surface area contributed by atoms with Crippen LogP contribution in [0, 0.1) is 5.92 Å². The summed E-state index contributed by atoms with van der Waals surface area (Å²) >= 11 is 0. The summed E-state index contributed by atoms with van der Waals surface area (Å²) in [5.74, 6) is 0.795. The summed E-state index contributed by atoms with van der Waals surface area (Å²) in [5, 5.41) is 2.95. The summed E-state index contributed by atoms with van der Waals surface area (Å²) in [6.07, 6.45) is 4.67. The molecule has 1 aliphatic heterocycles. The van der Waals surface area contributed by atoms with Crippen LogP contribution in [0.15, 0.2) is 18.2 Å². The topological polar surface area (TPSA) is 67.9 Å². The number of carbonyl (C=O) groups excluding carboxylic acids is 2. The van der Waals surface area contributed by atoms with Crippen molar-refractivity contribution in [3.8, 4) is 11.5 Å². The minimum absolute atomic E-state index is 0.0470. The molecule has 2 rings (SSSR count). The number of carbonyl (C=O) groups is 2. The van der Waals surface area contributed by atoms with Crippen LogP contribution in [-0.2, 0) is 9.59 Å². The minimum atomic E-state index is -0.324. The quantitative estimate of drug-likeness (QED) is 0.697. The van der Waals surface area contributed by atoms with Gasteiger partial charge in [0.15, 0.2) is 0 Å². The van der Waals surface area contributed by atoms with Crippen molar-refractivity contribution in [3.05, 3.63) is 18.2 Å². The van der Waals surface area contributed by atoms with E-state index < -0.39 is 0 Å². The van der Waals surface area contributed by atoms with Gasteiger partial charge in [-0.3, -0.25) is 9.59 Å². The van der Waals surface area contributed by atoms with Crippen LogP contribution in [0.25, 0.3) is 0 Å². The molecule has 1 aromatic carbocycles. The molecule has 0 bridgehead atoms. The molecule has 25 heavy (non-hydrogen) atoms. The van der Waals surface area contributed by atoms with Crippen LogP contribution in [0.1, 0.15) is 39.0 Å². The maximum absolute atomic E-state index is 12.4. The Morgan fingerprint density at radius 2 is 2.04 bits per heavy atom. The summed E-state index contributed by atoms with van der Waals surface area (Å²) in [6, 6.07) is 5.31. The molecule has 0 spiro atoms. The monoisotopic (exact) mass is 348 g/mol. The third kappa shape index (κ3) is 4.87. The summed E-state index contributed by atoms with van der Waals surface area (Å²) in [7, 11) is 3.14. The summed E-state index contributed by atoms with van der Waals surface area (Å²) < 4.78 is 10.6. The van der Waals surface area contributed by atoms with Gasteiger partial charge in [0.2, 0.25) is 11.8 Å². The Morgan fingerprint density at radius 3 is 2.72 bits per heavy atom. The van der Waals surface area contributed by atoms with Gasteiger partial charge in [0.25, 0.3) is 0 Å². The van der Waals surface area contributed by atoms with Crippen LogP contribution < -0.4 is 19.7 Å². The lowest BCUT2D eigenvalue weighted by atomic mass is 10.1. The number of hydrogen-bond acceptors (Lipinski definition) is 4. The van der Waals surface area contributed by atoms with Crippen molar-refractivity contribution in [1.82, 2.24) is 5.32 Å². The number of methoxy groups -OCH3 is 2. The molecule has 0 radical (unpaired) electrons. The zero-order valence-electron chi connectivity index (χ0n) is 15.3. The zero-order valence-corrected chi connectivity index (χ0v) is 15.3. The first-order valence-corrected chi connectivity index (χ1v) is 8.90. The van der Waals surface area contributed by atoms with Crippen LogP contribution >= 0.6 is 0 Å². The second kappa shape index (κ2) is 9.30. The SMILES string of the molecule is CCCCCCNC(=O)[C@H]1CC(=O)N(c2cc(OC)ccc2OC)C1. The van der Waals surface area contributed by atoms with E-state index >= 15 is 0 Å². The number of ether oxygens (including phenoxy) is 2. The number of nitrogens with one attached hydrogen (secondary N) is 1. The highest BCUT2D eigenvalue weighted by atomic mass is 16.5. The highest BCUT2D eigenvalue weighted by Crippen LogP contribution is 2.36. The number of anilines is 1. The van der Waals surface area contributed by atoms with Gasteiger partial charge in [-0.2, -0.15) is 0 Å². The number of hydrogen-bond donors (Lipinski definition) is 1. The fourth-order valence-electron chi connectivity index (χ4n) is 3.03. The molecular formula is C19H28N2O4. The van der Waals surface area contributed by atoms with Gasteiger partial charge < -0.3 is 19.7 Å². The van der Waals surface area contributed by atoms with Crippen molar-refractivity contribution in [1.29, 1.82) is 0 Å². The number of nitrogens with zero attached hydrogens (tertiary/aromatic N) is 1. The highest BCUT2D eigenvalue weighted by molar-refractivity contribution is 6.01. The van der Waals surface area contributed by atoms with Crippen molar-refractivity contribution in [2.24, 2.45) is 5.92 Å². The standard InChI is InChI=1S/C19H28N2O4/c1-4-5-6-7-10-20-19(23)14-11-18(22)21(13-14)16-12-15(24-2)8-9-17(16)25-3/h8-9,12,14H,4-7,10-11,13H2,1-3H3,(H,20,23)/t14-/m0/s1. The smallest absolute Gasteiger partial charge is 0.227 e. The second-order valence-corrected chi connectivity index (χ2v) is 6.29. The third-order valence-corrected chi connectivity index (χ3v) is 4.50. The number of rotatable bonds is 9. The molecule has 1 saturated heterocycles. The van der Waals surface area contributed by atoms with Crippen LogP contribution in [0.2, 0.25) is 0 Å². The summed E-state index contributed by atoms with van der Waals surface area (Å²) in [4.78, 5) is 26.4. The lowest BCUT2D eigenvalue weighted by molar-refractivity contribution is -0.126. The largest absolute Gasteiger partial charge is 0.497 e. The Balaban J connectivity index is 1.99. The lowest BCUT2D eigenvalue weighted by Gasteiger charge is -2.20. The molecule has 1 fully saturated rings. The van der Waals surface area contributed by atoms with E-state index in [0.29, 0.717) is 30.3 Å². The van der Waals surface area contributed by atoms with E-state index in [0.717, 1.165) is 12.8 Å². The second-order valence-electron chi connectivity index (χ2n) is 6.29. The average Bonchev–Trinajstić information content (AvgIpc) is 3.02. The maximum Gasteiger partial charge on any atom is 0.227 e. The van der Waals surface area contributed by atoms with Crippen LogP contribution in [0.4, 0.5) is 5.69 Å². The van der Waals surface area contributed by atoms with Gasteiger partial charge in [0, 0.05) is 25.6 Å². The molecule has 2 amide bonds. The molecular weight excluding hydrogens is 320 g/mol. The number of amides is 2. The maximum atomic E-state index is 12.4. The highest BCUT2D eigenvalue weighted by Gasteiger charge is 2.36. The Hall–Kier alpha value is -2.24. The molecule has 1 heterocycles. The van der Waals surface area contributed by atoms with E-state index in [1.54, 1.807) is 37.3 Å². The predicted octanol–water partition coefficient (Wildman–Crippen LogP) is 2.75. The third-order valence-electron chi connectivity index (χ3n) is 4.50. The molecule has 0 saturated carbocycles. The molecule has 6 nitrogen and oxygen atoms in total. The van der Waals surface area contributed by atoms with Gasteiger partial charge in [-0.1, -0.05) is 26.2 Å². The fraction of sp³-hybridized carbons (Fsp3) is 0.579. The molecule has 1 aliphatic rings. The molecule has 1 N–H and O–H groups in total. The zero-order chi connectivity index (χ0) is 18.2. The lowest BCUT2D eigenvalue weighted by Crippen LogP contribution is -2.33. The Bertz CT molecular complexity index is 603. The first kappa shape index (κ1) is 19.1. The average molecular weight is 348 g/mol. The first-order valence-electron chi connectivity index (χ1n) is 8.90. The Labute approximate surface area is 149 Å². The van der Waals surface area contributed by atoms with Gasteiger partial charge in [0.05, 0.1) is 25.8 Å². The van der Waals surface area contributed by atoms with E-state index in [1.807, 2.05) is 0 Å².